The summed E-state index contributed by atoms with van der Waals surface area (Å²) < 4.78 is 34.4. The third kappa shape index (κ3) is 4.97. The van der Waals surface area contributed by atoms with Crippen LogP contribution in [-0.2, 0) is 6.54 Å². The van der Waals surface area contributed by atoms with Crippen LogP contribution < -0.4 is 14.8 Å². The Balaban J connectivity index is 2.06. The van der Waals surface area contributed by atoms with Crippen LogP contribution in [-0.4, -0.2) is 13.7 Å². The number of hydrogen-bond donors (Lipinski definition) is 1. The van der Waals surface area contributed by atoms with Gasteiger partial charge in [0.25, 0.3) is 0 Å². The zero-order valence-electron chi connectivity index (χ0n) is 13.2. The summed E-state index contributed by atoms with van der Waals surface area (Å²) in [5.74, 6) is 0.269. The van der Waals surface area contributed by atoms with E-state index in [2.05, 4.69) is 10.1 Å². The minimum Gasteiger partial charge on any atom is -0.493 e. The lowest BCUT2D eigenvalue weighted by atomic mass is 10.1. The van der Waals surface area contributed by atoms with E-state index in [1.165, 1.54) is 13.2 Å². The quantitative estimate of drug-likeness (QED) is 0.697. The van der Waals surface area contributed by atoms with Crippen molar-refractivity contribution in [2.45, 2.75) is 26.1 Å². The molecule has 130 valence electrons. The molecule has 2 aromatic rings. The van der Waals surface area contributed by atoms with Gasteiger partial charge in [-0.1, -0.05) is 35.3 Å². The largest absolute Gasteiger partial charge is 0.493 e. The van der Waals surface area contributed by atoms with Gasteiger partial charge in [0, 0.05) is 12.6 Å². The summed E-state index contributed by atoms with van der Waals surface area (Å²) in [5, 5.41) is 4.28. The highest BCUT2D eigenvalue weighted by Crippen LogP contribution is 2.30. The van der Waals surface area contributed by atoms with E-state index in [-0.39, 0.29) is 17.5 Å². The minimum absolute atomic E-state index is 0.00124. The van der Waals surface area contributed by atoms with Crippen molar-refractivity contribution in [1.82, 2.24) is 5.32 Å². The van der Waals surface area contributed by atoms with Crippen LogP contribution in [0.1, 0.15) is 24.1 Å². The van der Waals surface area contributed by atoms with E-state index < -0.39 is 6.61 Å². The first kappa shape index (κ1) is 18.8. The number of benzene rings is 2. The van der Waals surface area contributed by atoms with Gasteiger partial charge >= 0.3 is 6.61 Å². The molecule has 1 atom stereocenters. The molecular weight excluding hydrogens is 359 g/mol. The first-order valence-corrected chi connectivity index (χ1v) is 7.96. The van der Waals surface area contributed by atoms with Gasteiger partial charge in [0.05, 0.1) is 17.2 Å². The van der Waals surface area contributed by atoms with E-state index in [0.717, 1.165) is 11.1 Å². The van der Waals surface area contributed by atoms with Crippen LogP contribution in [0.25, 0.3) is 0 Å². The number of rotatable bonds is 7. The van der Waals surface area contributed by atoms with E-state index >= 15 is 0 Å². The predicted octanol–water partition coefficient (Wildman–Crippen LogP) is 5.45. The molecule has 1 unspecified atom stereocenters. The zero-order valence-corrected chi connectivity index (χ0v) is 14.7. The highest BCUT2D eigenvalue weighted by atomic mass is 35.5. The third-order valence-corrected chi connectivity index (χ3v) is 4.24. The summed E-state index contributed by atoms with van der Waals surface area (Å²) in [4.78, 5) is 0. The van der Waals surface area contributed by atoms with Gasteiger partial charge in [0.15, 0.2) is 11.5 Å². The Morgan fingerprint density at radius 1 is 1.04 bits per heavy atom. The summed E-state index contributed by atoms with van der Waals surface area (Å²) in [7, 11) is 1.40. The second kappa shape index (κ2) is 8.51. The van der Waals surface area contributed by atoms with Crippen LogP contribution in [0.2, 0.25) is 10.0 Å². The smallest absolute Gasteiger partial charge is 0.387 e. The van der Waals surface area contributed by atoms with Gasteiger partial charge in [-0.3, -0.25) is 0 Å². The molecule has 0 heterocycles. The second-order valence-corrected chi connectivity index (χ2v) is 5.95. The molecule has 0 aliphatic rings. The van der Waals surface area contributed by atoms with Crippen molar-refractivity contribution >= 4 is 23.2 Å². The van der Waals surface area contributed by atoms with E-state index in [1.54, 1.807) is 24.3 Å². The number of methoxy groups -OCH3 is 1. The molecule has 0 aliphatic carbocycles. The number of halogens is 4. The van der Waals surface area contributed by atoms with Crippen LogP contribution in [0.4, 0.5) is 8.78 Å². The first-order chi connectivity index (χ1) is 11.4. The molecule has 24 heavy (non-hydrogen) atoms. The molecular formula is C17H17Cl2F2NO2. The van der Waals surface area contributed by atoms with E-state index in [4.69, 9.17) is 27.9 Å². The Labute approximate surface area is 149 Å². The fourth-order valence-electron chi connectivity index (χ4n) is 2.19. The van der Waals surface area contributed by atoms with Crippen molar-refractivity contribution in [3.8, 4) is 11.5 Å². The minimum atomic E-state index is -2.91. The number of nitrogens with one attached hydrogen (secondary N) is 1. The van der Waals surface area contributed by atoms with Crippen LogP contribution in [0.3, 0.4) is 0 Å². The maximum absolute atomic E-state index is 12.5. The maximum atomic E-state index is 12.5. The summed E-state index contributed by atoms with van der Waals surface area (Å²) in [6, 6.07) is 10.3. The van der Waals surface area contributed by atoms with E-state index in [0.29, 0.717) is 16.6 Å². The lowest BCUT2D eigenvalue weighted by Crippen LogP contribution is -2.18. The monoisotopic (exact) mass is 375 g/mol. The highest BCUT2D eigenvalue weighted by Gasteiger charge is 2.12. The summed E-state index contributed by atoms with van der Waals surface area (Å²) in [6.07, 6.45) is 0. The molecule has 0 radical (unpaired) electrons. The first-order valence-electron chi connectivity index (χ1n) is 7.20. The third-order valence-electron chi connectivity index (χ3n) is 3.50. The van der Waals surface area contributed by atoms with Crippen molar-refractivity contribution in [3.05, 3.63) is 57.6 Å². The fourth-order valence-corrected chi connectivity index (χ4v) is 2.50. The van der Waals surface area contributed by atoms with Gasteiger partial charge in [-0.2, -0.15) is 8.78 Å². The van der Waals surface area contributed by atoms with Gasteiger partial charge < -0.3 is 14.8 Å². The van der Waals surface area contributed by atoms with Crippen LogP contribution in [0, 0.1) is 0 Å². The van der Waals surface area contributed by atoms with Gasteiger partial charge in [-0.05, 0) is 42.3 Å². The van der Waals surface area contributed by atoms with Crippen molar-refractivity contribution in [3.63, 3.8) is 0 Å². The molecule has 0 spiro atoms. The Morgan fingerprint density at radius 3 is 2.42 bits per heavy atom. The average Bonchev–Trinajstić information content (AvgIpc) is 2.54. The molecule has 3 nitrogen and oxygen atoms in total. The molecule has 0 fully saturated rings. The van der Waals surface area contributed by atoms with Gasteiger partial charge in [0.1, 0.15) is 0 Å². The van der Waals surface area contributed by atoms with Gasteiger partial charge in [0.2, 0.25) is 0 Å². The summed E-state index contributed by atoms with van der Waals surface area (Å²) >= 11 is 11.9. The van der Waals surface area contributed by atoms with Crippen molar-refractivity contribution in [1.29, 1.82) is 0 Å². The Bertz CT molecular complexity index is 698. The van der Waals surface area contributed by atoms with Crippen LogP contribution in [0.5, 0.6) is 11.5 Å². The molecule has 0 aliphatic heterocycles. The standard InChI is InChI=1S/C17H17Cl2F2NO2/c1-10(12-4-5-13(18)14(19)8-12)22-9-11-3-6-15(23-2)16(7-11)24-17(20)21/h3-8,10,17,22H,9H2,1-2H3. The number of hydrogen-bond acceptors (Lipinski definition) is 3. The topological polar surface area (TPSA) is 30.5 Å². The lowest BCUT2D eigenvalue weighted by molar-refractivity contribution is -0.0512. The fraction of sp³-hybridized carbons (Fsp3) is 0.294. The van der Waals surface area contributed by atoms with Crippen molar-refractivity contribution < 1.29 is 18.3 Å². The summed E-state index contributed by atoms with van der Waals surface area (Å²) in [6.45, 7) is -0.470. The zero-order chi connectivity index (χ0) is 17.7. The predicted molar refractivity (Wildman–Crippen MR) is 91.3 cm³/mol. The van der Waals surface area contributed by atoms with Crippen molar-refractivity contribution in [2.24, 2.45) is 0 Å². The average molecular weight is 376 g/mol. The van der Waals surface area contributed by atoms with E-state index in [9.17, 15) is 8.78 Å². The van der Waals surface area contributed by atoms with Crippen LogP contribution in [0.15, 0.2) is 36.4 Å². The SMILES string of the molecule is COc1ccc(CNC(C)c2ccc(Cl)c(Cl)c2)cc1OC(F)F. The molecule has 0 amide bonds. The molecule has 7 heteroatoms. The number of ether oxygens (including phenoxy) is 2. The summed E-state index contributed by atoms with van der Waals surface area (Å²) in [5.41, 5.74) is 1.76. The maximum Gasteiger partial charge on any atom is 0.387 e. The van der Waals surface area contributed by atoms with Crippen LogP contribution >= 0.6 is 23.2 Å². The molecule has 1 N–H and O–H groups in total. The van der Waals surface area contributed by atoms with Gasteiger partial charge in [-0.25, -0.2) is 0 Å². The normalized spacial score (nSPS) is 12.3. The number of alkyl halides is 2. The Kier molecular flexibility index (Phi) is 6.66. The molecule has 2 rings (SSSR count). The van der Waals surface area contributed by atoms with E-state index in [1.807, 2.05) is 13.0 Å². The molecule has 2 aromatic carbocycles. The van der Waals surface area contributed by atoms with Crippen molar-refractivity contribution in [2.75, 3.05) is 7.11 Å². The molecule has 0 bridgehead atoms. The Morgan fingerprint density at radius 2 is 1.79 bits per heavy atom. The lowest BCUT2D eigenvalue weighted by Gasteiger charge is -2.16. The highest BCUT2D eigenvalue weighted by molar-refractivity contribution is 6.42. The van der Waals surface area contributed by atoms with Gasteiger partial charge in [-0.15, -0.1) is 0 Å². The Hall–Kier alpha value is -1.56. The molecule has 0 saturated heterocycles. The second-order valence-electron chi connectivity index (χ2n) is 5.14. The molecule has 0 saturated carbocycles. The molecule has 0 aromatic heterocycles.